The van der Waals surface area contributed by atoms with Gasteiger partial charge in [0.1, 0.15) is 5.82 Å². The number of carbonyl (C=O) groups is 1. The summed E-state index contributed by atoms with van der Waals surface area (Å²) in [5.74, 6) is -0.518. The lowest BCUT2D eigenvalue weighted by molar-refractivity contribution is -0.384. The van der Waals surface area contributed by atoms with Crippen molar-refractivity contribution >= 4 is 34.2 Å². The number of hydrogen-bond acceptors (Lipinski definition) is 4. The van der Waals surface area contributed by atoms with Crippen LogP contribution in [0.25, 0.3) is 0 Å². The van der Waals surface area contributed by atoms with E-state index in [1.165, 1.54) is 24.3 Å². The molecule has 2 aromatic rings. The number of amides is 1. The summed E-state index contributed by atoms with van der Waals surface area (Å²) >= 11 is 2.01. The van der Waals surface area contributed by atoms with Crippen molar-refractivity contribution in [2.75, 3.05) is 13.1 Å². The molecule has 0 saturated carbocycles. The molecule has 0 unspecified atom stereocenters. The monoisotopic (exact) mass is 483 g/mol. The van der Waals surface area contributed by atoms with Crippen LogP contribution < -0.4 is 5.32 Å². The third kappa shape index (κ3) is 5.23. The second kappa shape index (κ2) is 8.75. The SMILES string of the molecule is O=C(NC1CCN(Cc2ccc(F)cc2)CC1)c1cc([N+](=O)[O-])ccc1I. The van der Waals surface area contributed by atoms with E-state index in [9.17, 15) is 19.3 Å². The summed E-state index contributed by atoms with van der Waals surface area (Å²) < 4.78 is 13.7. The molecule has 142 valence electrons. The van der Waals surface area contributed by atoms with Gasteiger partial charge in [-0.15, -0.1) is 0 Å². The van der Waals surface area contributed by atoms with Gasteiger partial charge in [-0.25, -0.2) is 4.39 Å². The second-order valence-electron chi connectivity index (χ2n) is 6.57. The number of hydrogen-bond donors (Lipinski definition) is 1. The van der Waals surface area contributed by atoms with Crippen molar-refractivity contribution in [3.05, 3.63) is 73.1 Å². The topological polar surface area (TPSA) is 75.5 Å². The van der Waals surface area contributed by atoms with Crippen LogP contribution in [0.1, 0.15) is 28.8 Å². The van der Waals surface area contributed by atoms with E-state index in [0.717, 1.165) is 38.0 Å². The van der Waals surface area contributed by atoms with Gasteiger partial charge in [-0.05, 0) is 59.2 Å². The van der Waals surface area contributed by atoms with Gasteiger partial charge in [0.25, 0.3) is 11.6 Å². The lowest BCUT2D eigenvalue weighted by Crippen LogP contribution is -2.44. The van der Waals surface area contributed by atoms with E-state index >= 15 is 0 Å². The molecular formula is C19H19FIN3O3. The predicted molar refractivity (Wildman–Crippen MR) is 108 cm³/mol. The zero-order chi connectivity index (χ0) is 19.4. The number of nitrogens with one attached hydrogen (secondary N) is 1. The number of benzene rings is 2. The van der Waals surface area contributed by atoms with Crippen LogP contribution in [-0.2, 0) is 6.54 Å². The number of non-ortho nitro benzene ring substituents is 1. The number of halogens is 2. The highest BCUT2D eigenvalue weighted by Gasteiger charge is 2.23. The molecule has 27 heavy (non-hydrogen) atoms. The maximum Gasteiger partial charge on any atom is 0.270 e. The Hall–Kier alpha value is -2.07. The molecular weight excluding hydrogens is 464 g/mol. The predicted octanol–water partition coefficient (Wildman–Crippen LogP) is 3.73. The summed E-state index contributed by atoms with van der Waals surface area (Å²) in [5.41, 5.74) is 1.30. The Bertz CT molecular complexity index is 837. The molecule has 6 nitrogen and oxygen atoms in total. The van der Waals surface area contributed by atoms with Gasteiger partial charge >= 0.3 is 0 Å². The zero-order valence-electron chi connectivity index (χ0n) is 14.5. The Balaban J connectivity index is 1.54. The minimum absolute atomic E-state index is 0.0389. The summed E-state index contributed by atoms with van der Waals surface area (Å²) in [7, 11) is 0. The highest BCUT2D eigenvalue weighted by atomic mass is 127. The van der Waals surface area contributed by atoms with Gasteiger partial charge in [0.2, 0.25) is 0 Å². The van der Waals surface area contributed by atoms with Crippen molar-refractivity contribution in [1.82, 2.24) is 10.2 Å². The molecule has 8 heteroatoms. The summed E-state index contributed by atoms with van der Waals surface area (Å²) in [4.78, 5) is 25.2. The summed E-state index contributed by atoms with van der Waals surface area (Å²) in [6, 6.07) is 10.8. The molecule has 1 aliphatic rings. The van der Waals surface area contributed by atoms with Gasteiger partial charge in [0.15, 0.2) is 0 Å². The smallest absolute Gasteiger partial charge is 0.270 e. The molecule has 0 aliphatic carbocycles. The van der Waals surface area contributed by atoms with Gasteiger partial charge < -0.3 is 5.32 Å². The highest BCUT2D eigenvalue weighted by molar-refractivity contribution is 14.1. The van der Waals surface area contributed by atoms with Gasteiger partial charge in [-0.2, -0.15) is 0 Å². The molecule has 1 heterocycles. The van der Waals surface area contributed by atoms with E-state index in [2.05, 4.69) is 10.2 Å². The van der Waals surface area contributed by atoms with E-state index < -0.39 is 4.92 Å². The van der Waals surface area contributed by atoms with Crippen LogP contribution in [-0.4, -0.2) is 34.9 Å². The lowest BCUT2D eigenvalue weighted by atomic mass is 10.0. The van der Waals surface area contributed by atoms with E-state index in [-0.39, 0.29) is 23.5 Å². The van der Waals surface area contributed by atoms with Gasteiger partial charge in [-0.1, -0.05) is 12.1 Å². The quantitative estimate of drug-likeness (QED) is 0.400. The van der Waals surface area contributed by atoms with Crippen LogP contribution in [0.4, 0.5) is 10.1 Å². The number of nitrogens with zero attached hydrogens (tertiary/aromatic N) is 2. The average Bonchev–Trinajstić information content (AvgIpc) is 2.65. The Morgan fingerprint density at radius 1 is 1.22 bits per heavy atom. The van der Waals surface area contributed by atoms with Crippen LogP contribution in [0.15, 0.2) is 42.5 Å². The summed E-state index contributed by atoms with van der Waals surface area (Å²) in [6.07, 6.45) is 1.61. The highest BCUT2D eigenvalue weighted by Crippen LogP contribution is 2.21. The molecule has 0 atom stereocenters. The Kier molecular flexibility index (Phi) is 6.38. The third-order valence-electron chi connectivity index (χ3n) is 4.65. The van der Waals surface area contributed by atoms with E-state index in [4.69, 9.17) is 0 Å². The number of likely N-dealkylation sites (tertiary alicyclic amines) is 1. The fourth-order valence-corrected chi connectivity index (χ4v) is 3.73. The first-order valence-electron chi connectivity index (χ1n) is 8.64. The Morgan fingerprint density at radius 3 is 2.52 bits per heavy atom. The molecule has 1 saturated heterocycles. The number of piperidine rings is 1. The number of carbonyl (C=O) groups excluding carboxylic acids is 1. The molecule has 3 rings (SSSR count). The summed E-state index contributed by atoms with van der Waals surface area (Å²) in [6.45, 7) is 2.41. The second-order valence-corrected chi connectivity index (χ2v) is 7.73. The molecule has 2 aromatic carbocycles. The molecule has 0 bridgehead atoms. The molecule has 1 amide bonds. The maximum atomic E-state index is 13.0. The lowest BCUT2D eigenvalue weighted by Gasteiger charge is -2.32. The van der Waals surface area contributed by atoms with Gasteiger partial charge in [0.05, 0.1) is 10.5 Å². The third-order valence-corrected chi connectivity index (χ3v) is 5.59. The summed E-state index contributed by atoms with van der Waals surface area (Å²) in [5, 5.41) is 13.9. The number of nitro benzene ring substituents is 1. The molecule has 0 aromatic heterocycles. The van der Waals surface area contributed by atoms with Crippen molar-refractivity contribution in [1.29, 1.82) is 0 Å². The molecule has 1 aliphatic heterocycles. The minimum atomic E-state index is -0.499. The van der Waals surface area contributed by atoms with Crippen LogP contribution in [0.3, 0.4) is 0 Å². The van der Waals surface area contributed by atoms with Crippen LogP contribution in [0, 0.1) is 19.5 Å². The standard InChI is InChI=1S/C19H19FIN3O3/c20-14-3-1-13(2-4-14)12-23-9-7-15(8-10-23)22-19(25)17-11-16(24(26)27)5-6-18(17)21/h1-6,11,15H,7-10,12H2,(H,22,25). The van der Waals surface area contributed by atoms with Crippen molar-refractivity contribution in [2.45, 2.75) is 25.4 Å². The molecule has 0 radical (unpaired) electrons. The molecule has 1 fully saturated rings. The van der Waals surface area contributed by atoms with Crippen molar-refractivity contribution < 1.29 is 14.1 Å². The zero-order valence-corrected chi connectivity index (χ0v) is 16.7. The number of rotatable bonds is 5. The first-order chi connectivity index (χ1) is 12.9. The first kappa shape index (κ1) is 19.7. The maximum absolute atomic E-state index is 13.0. The van der Waals surface area contributed by atoms with E-state index in [1.807, 2.05) is 22.6 Å². The number of nitro groups is 1. The van der Waals surface area contributed by atoms with Gasteiger partial charge in [0, 0.05) is 41.4 Å². The van der Waals surface area contributed by atoms with E-state index in [0.29, 0.717) is 9.13 Å². The van der Waals surface area contributed by atoms with Crippen LogP contribution in [0.2, 0.25) is 0 Å². The largest absolute Gasteiger partial charge is 0.349 e. The minimum Gasteiger partial charge on any atom is -0.349 e. The first-order valence-corrected chi connectivity index (χ1v) is 9.72. The van der Waals surface area contributed by atoms with Crippen molar-refractivity contribution in [3.8, 4) is 0 Å². The van der Waals surface area contributed by atoms with Gasteiger partial charge in [-0.3, -0.25) is 19.8 Å². The Labute approximate surface area is 170 Å². The van der Waals surface area contributed by atoms with E-state index in [1.54, 1.807) is 18.2 Å². The fourth-order valence-electron chi connectivity index (χ4n) is 3.15. The average molecular weight is 483 g/mol. The van der Waals surface area contributed by atoms with Crippen molar-refractivity contribution in [2.24, 2.45) is 0 Å². The molecule has 1 N–H and O–H groups in total. The van der Waals surface area contributed by atoms with Crippen LogP contribution >= 0.6 is 22.6 Å². The fraction of sp³-hybridized carbons (Fsp3) is 0.316. The van der Waals surface area contributed by atoms with Crippen LogP contribution in [0.5, 0.6) is 0 Å². The van der Waals surface area contributed by atoms with Crippen molar-refractivity contribution in [3.63, 3.8) is 0 Å². The normalized spacial score (nSPS) is 15.5. The Morgan fingerprint density at radius 2 is 1.89 bits per heavy atom. The molecule has 0 spiro atoms.